The number of pyridine rings is 1. The molecule has 1 heterocycles. The van der Waals surface area contributed by atoms with Gasteiger partial charge in [0.1, 0.15) is 17.8 Å². The average Bonchev–Trinajstić information content (AvgIpc) is 2.34. The van der Waals surface area contributed by atoms with Gasteiger partial charge < -0.3 is 10.8 Å². The number of carboxylic acids is 1. The molecule has 6 heteroatoms. The highest BCUT2D eigenvalue weighted by Crippen LogP contribution is 2.13. The number of hydrogen-bond donors (Lipinski definition) is 2. The predicted molar refractivity (Wildman–Crippen MR) is 65.3 cm³/mol. The zero-order chi connectivity index (χ0) is 12.7. The summed E-state index contributed by atoms with van der Waals surface area (Å²) in [6.07, 6.45) is 2.04. The zero-order valence-electron chi connectivity index (χ0n) is 9.17. The Morgan fingerprint density at radius 3 is 3.12 bits per heavy atom. The van der Waals surface area contributed by atoms with Crippen LogP contribution in [0, 0.1) is 11.3 Å². The number of carboxylic acid groups (broad SMARTS) is 1. The van der Waals surface area contributed by atoms with E-state index in [1.54, 1.807) is 24.0 Å². The first-order valence-electron chi connectivity index (χ1n) is 5.04. The Morgan fingerprint density at radius 1 is 1.71 bits per heavy atom. The van der Waals surface area contributed by atoms with Crippen LogP contribution in [0.2, 0.25) is 0 Å². The third-order valence-electron chi connectivity index (χ3n) is 2.10. The SMILES string of the molecule is N#Cc1cc(CSCCC(N)C(=O)O)ccn1. The van der Waals surface area contributed by atoms with Crippen LogP contribution in [-0.4, -0.2) is 27.9 Å². The second kappa shape index (κ2) is 6.89. The molecule has 0 saturated carbocycles. The van der Waals surface area contributed by atoms with Gasteiger partial charge in [0, 0.05) is 11.9 Å². The number of hydrogen-bond acceptors (Lipinski definition) is 5. The standard InChI is InChI=1S/C11H13N3O2S/c12-6-9-5-8(1-3-14-9)7-17-4-2-10(13)11(15)16/h1,3,5,10H,2,4,7,13H2,(H,15,16). The average molecular weight is 251 g/mol. The number of carbonyl (C=O) groups is 1. The lowest BCUT2D eigenvalue weighted by atomic mass is 10.2. The number of aliphatic carboxylic acids is 1. The van der Waals surface area contributed by atoms with Crippen LogP contribution in [0.4, 0.5) is 0 Å². The molecule has 1 aromatic heterocycles. The summed E-state index contributed by atoms with van der Waals surface area (Å²) in [6.45, 7) is 0. The molecule has 0 aromatic carbocycles. The molecule has 0 saturated heterocycles. The molecule has 1 rings (SSSR count). The number of nitrogens with two attached hydrogens (primary N) is 1. The van der Waals surface area contributed by atoms with Crippen LogP contribution in [0.5, 0.6) is 0 Å². The van der Waals surface area contributed by atoms with Crippen molar-refractivity contribution < 1.29 is 9.90 Å². The maximum atomic E-state index is 10.5. The normalized spacial score (nSPS) is 11.8. The Kier molecular flexibility index (Phi) is 5.46. The molecule has 90 valence electrons. The summed E-state index contributed by atoms with van der Waals surface area (Å²) in [5, 5.41) is 17.3. The molecule has 3 N–H and O–H groups in total. The molecule has 0 aliphatic rings. The van der Waals surface area contributed by atoms with Gasteiger partial charge in [-0.2, -0.15) is 17.0 Å². The molecule has 0 spiro atoms. The number of rotatable bonds is 6. The summed E-state index contributed by atoms with van der Waals surface area (Å²) in [5.74, 6) is 0.433. The monoisotopic (exact) mass is 251 g/mol. The van der Waals surface area contributed by atoms with Crippen LogP contribution in [0.1, 0.15) is 17.7 Å². The van der Waals surface area contributed by atoms with E-state index in [-0.39, 0.29) is 0 Å². The minimum atomic E-state index is -0.971. The lowest BCUT2D eigenvalue weighted by Crippen LogP contribution is -2.30. The van der Waals surface area contributed by atoms with E-state index >= 15 is 0 Å². The lowest BCUT2D eigenvalue weighted by Gasteiger charge is -2.05. The molecular weight excluding hydrogens is 238 g/mol. The largest absolute Gasteiger partial charge is 0.480 e. The molecule has 0 fully saturated rings. The molecule has 1 unspecified atom stereocenters. The molecule has 5 nitrogen and oxygen atoms in total. The highest BCUT2D eigenvalue weighted by molar-refractivity contribution is 7.98. The minimum absolute atomic E-state index is 0.394. The summed E-state index contributed by atoms with van der Waals surface area (Å²) < 4.78 is 0. The maximum absolute atomic E-state index is 10.5. The van der Waals surface area contributed by atoms with Gasteiger partial charge in [-0.3, -0.25) is 4.79 Å². The van der Waals surface area contributed by atoms with Crippen molar-refractivity contribution in [3.63, 3.8) is 0 Å². The first kappa shape index (κ1) is 13.5. The zero-order valence-corrected chi connectivity index (χ0v) is 9.98. The summed E-state index contributed by atoms with van der Waals surface area (Å²) in [4.78, 5) is 14.3. The minimum Gasteiger partial charge on any atom is -0.480 e. The second-order valence-corrected chi connectivity index (χ2v) is 4.55. The third kappa shape index (κ3) is 4.85. The number of aromatic nitrogens is 1. The summed E-state index contributed by atoms with van der Waals surface area (Å²) in [7, 11) is 0. The number of nitrogens with zero attached hydrogens (tertiary/aromatic N) is 2. The highest BCUT2D eigenvalue weighted by Gasteiger charge is 2.10. The molecule has 0 aliphatic carbocycles. The van der Waals surface area contributed by atoms with E-state index < -0.39 is 12.0 Å². The van der Waals surface area contributed by atoms with Gasteiger partial charge in [-0.1, -0.05) is 0 Å². The molecule has 0 aliphatic heterocycles. The maximum Gasteiger partial charge on any atom is 0.320 e. The molecule has 0 bridgehead atoms. The van der Waals surface area contributed by atoms with Gasteiger partial charge >= 0.3 is 5.97 Å². The van der Waals surface area contributed by atoms with Crippen molar-refractivity contribution in [2.45, 2.75) is 18.2 Å². The van der Waals surface area contributed by atoms with Crippen molar-refractivity contribution in [1.29, 1.82) is 5.26 Å². The van der Waals surface area contributed by atoms with Crippen molar-refractivity contribution in [2.24, 2.45) is 5.73 Å². The van der Waals surface area contributed by atoms with Gasteiger partial charge in [-0.05, 0) is 29.9 Å². The van der Waals surface area contributed by atoms with E-state index in [2.05, 4.69) is 4.98 Å². The van der Waals surface area contributed by atoms with Gasteiger partial charge in [0.15, 0.2) is 0 Å². The van der Waals surface area contributed by atoms with E-state index in [9.17, 15) is 4.79 Å². The van der Waals surface area contributed by atoms with E-state index in [1.165, 1.54) is 0 Å². The fourth-order valence-electron chi connectivity index (χ4n) is 1.15. The lowest BCUT2D eigenvalue weighted by molar-refractivity contribution is -0.138. The van der Waals surface area contributed by atoms with Crippen LogP contribution in [0.25, 0.3) is 0 Å². The summed E-state index contributed by atoms with van der Waals surface area (Å²) >= 11 is 1.59. The molecule has 1 atom stereocenters. The van der Waals surface area contributed by atoms with Crippen molar-refractivity contribution in [1.82, 2.24) is 4.98 Å². The summed E-state index contributed by atoms with van der Waals surface area (Å²) in [6, 6.07) is 4.74. The van der Waals surface area contributed by atoms with Crippen molar-refractivity contribution in [3.8, 4) is 6.07 Å². The topological polar surface area (TPSA) is 100 Å². The first-order chi connectivity index (χ1) is 8.13. The Bertz CT molecular complexity index is 431. The second-order valence-electron chi connectivity index (χ2n) is 3.45. The predicted octanol–water partition coefficient (Wildman–Crippen LogP) is 0.988. The fraction of sp³-hybridized carbons (Fsp3) is 0.364. The van der Waals surface area contributed by atoms with Gasteiger partial charge in [0.05, 0.1) is 0 Å². The Labute approximate surface area is 104 Å². The molecule has 0 radical (unpaired) electrons. The van der Waals surface area contributed by atoms with E-state index in [0.717, 1.165) is 11.3 Å². The Hall–Kier alpha value is -1.58. The van der Waals surface area contributed by atoms with E-state index in [4.69, 9.17) is 16.1 Å². The quantitative estimate of drug-likeness (QED) is 0.731. The fourth-order valence-corrected chi connectivity index (χ4v) is 2.13. The van der Waals surface area contributed by atoms with Crippen LogP contribution in [0.3, 0.4) is 0 Å². The Morgan fingerprint density at radius 2 is 2.47 bits per heavy atom. The van der Waals surface area contributed by atoms with E-state index in [0.29, 0.717) is 17.9 Å². The van der Waals surface area contributed by atoms with Crippen molar-refractivity contribution >= 4 is 17.7 Å². The smallest absolute Gasteiger partial charge is 0.320 e. The highest BCUT2D eigenvalue weighted by atomic mass is 32.2. The summed E-state index contributed by atoms with van der Waals surface area (Å²) in [5.41, 5.74) is 6.77. The number of nitriles is 1. The molecule has 1 aromatic rings. The van der Waals surface area contributed by atoms with Gasteiger partial charge in [-0.15, -0.1) is 0 Å². The van der Waals surface area contributed by atoms with Crippen LogP contribution < -0.4 is 5.73 Å². The number of thioether (sulfide) groups is 1. The van der Waals surface area contributed by atoms with Crippen LogP contribution >= 0.6 is 11.8 Å². The molecule has 0 amide bonds. The van der Waals surface area contributed by atoms with E-state index in [1.807, 2.05) is 12.1 Å². The third-order valence-corrected chi connectivity index (χ3v) is 3.16. The Balaban J connectivity index is 2.31. The van der Waals surface area contributed by atoms with Crippen molar-refractivity contribution in [2.75, 3.05) is 5.75 Å². The van der Waals surface area contributed by atoms with Gasteiger partial charge in [0.25, 0.3) is 0 Å². The van der Waals surface area contributed by atoms with Crippen LogP contribution in [-0.2, 0) is 10.5 Å². The van der Waals surface area contributed by atoms with Gasteiger partial charge in [-0.25, -0.2) is 4.98 Å². The molecule has 17 heavy (non-hydrogen) atoms. The van der Waals surface area contributed by atoms with Gasteiger partial charge in [0.2, 0.25) is 0 Å². The first-order valence-corrected chi connectivity index (χ1v) is 6.20. The molecular formula is C11H13N3O2S. The van der Waals surface area contributed by atoms with Crippen molar-refractivity contribution in [3.05, 3.63) is 29.6 Å². The van der Waals surface area contributed by atoms with Crippen LogP contribution in [0.15, 0.2) is 18.3 Å².